The largest absolute Gasteiger partial charge is 0.383 e. The Bertz CT molecular complexity index is 535. The van der Waals surface area contributed by atoms with Crippen LogP contribution in [0, 0.1) is 13.8 Å². The zero-order chi connectivity index (χ0) is 13.7. The molecule has 0 atom stereocenters. The predicted molar refractivity (Wildman–Crippen MR) is 84.3 cm³/mol. The van der Waals surface area contributed by atoms with E-state index in [-0.39, 0.29) is 0 Å². The van der Waals surface area contributed by atoms with Crippen molar-refractivity contribution in [2.75, 3.05) is 23.7 Å². The standard InChI is InChI=1S/C16H19ClN2/c1-12-3-7-15(8-4-12)18-9-10-19-16-11-14(17)6-5-13(16)2/h3-8,11,18-19H,9-10H2,1-2H3. The van der Waals surface area contributed by atoms with Crippen molar-refractivity contribution >= 4 is 23.0 Å². The lowest BCUT2D eigenvalue weighted by molar-refractivity contribution is 1.07. The van der Waals surface area contributed by atoms with Gasteiger partial charge in [-0.3, -0.25) is 0 Å². The van der Waals surface area contributed by atoms with Gasteiger partial charge in [0.1, 0.15) is 0 Å². The van der Waals surface area contributed by atoms with Gasteiger partial charge in [-0.2, -0.15) is 0 Å². The van der Waals surface area contributed by atoms with Gasteiger partial charge in [-0.05, 0) is 43.7 Å². The Morgan fingerprint density at radius 2 is 1.58 bits per heavy atom. The van der Waals surface area contributed by atoms with Gasteiger partial charge in [-0.25, -0.2) is 0 Å². The molecule has 0 saturated heterocycles. The Kier molecular flexibility index (Phi) is 4.69. The normalized spacial score (nSPS) is 10.3. The van der Waals surface area contributed by atoms with Crippen molar-refractivity contribution in [1.29, 1.82) is 0 Å². The molecule has 0 aromatic heterocycles. The molecule has 2 rings (SSSR count). The Morgan fingerprint density at radius 1 is 0.895 bits per heavy atom. The minimum atomic E-state index is 0.764. The predicted octanol–water partition coefficient (Wildman–Crippen LogP) is 4.48. The summed E-state index contributed by atoms with van der Waals surface area (Å²) in [6, 6.07) is 14.3. The molecule has 0 bridgehead atoms. The van der Waals surface area contributed by atoms with Crippen LogP contribution in [0.5, 0.6) is 0 Å². The maximum Gasteiger partial charge on any atom is 0.0426 e. The quantitative estimate of drug-likeness (QED) is 0.786. The van der Waals surface area contributed by atoms with E-state index < -0.39 is 0 Å². The summed E-state index contributed by atoms with van der Waals surface area (Å²) in [5, 5.41) is 7.53. The number of benzene rings is 2. The zero-order valence-corrected chi connectivity index (χ0v) is 12.1. The van der Waals surface area contributed by atoms with Crippen LogP contribution in [0.1, 0.15) is 11.1 Å². The first-order valence-electron chi connectivity index (χ1n) is 6.46. The molecule has 0 amide bonds. The highest BCUT2D eigenvalue weighted by molar-refractivity contribution is 6.30. The minimum Gasteiger partial charge on any atom is -0.383 e. The summed E-state index contributed by atoms with van der Waals surface area (Å²) in [6.45, 7) is 5.89. The highest BCUT2D eigenvalue weighted by atomic mass is 35.5. The topological polar surface area (TPSA) is 24.1 Å². The van der Waals surface area contributed by atoms with Gasteiger partial charge < -0.3 is 10.6 Å². The number of halogens is 1. The molecule has 100 valence electrons. The van der Waals surface area contributed by atoms with Gasteiger partial charge in [0.2, 0.25) is 0 Å². The van der Waals surface area contributed by atoms with Gasteiger partial charge in [-0.1, -0.05) is 35.4 Å². The molecule has 0 radical (unpaired) electrons. The number of hydrogen-bond acceptors (Lipinski definition) is 2. The minimum absolute atomic E-state index is 0.764. The second-order valence-electron chi connectivity index (χ2n) is 4.68. The van der Waals surface area contributed by atoms with Crippen LogP contribution in [0.25, 0.3) is 0 Å². The fourth-order valence-corrected chi connectivity index (χ4v) is 2.03. The fraction of sp³-hybridized carbons (Fsp3) is 0.250. The molecule has 19 heavy (non-hydrogen) atoms. The van der Waals surface area contributed by atoms with E-state index >= 15 is 0 Å². The zero-order valence-electron chi connectivity index (χ0n) is 11.3. The van der Waals surface area contributed by atoms with Crippen LogP contribution < -0.4 is 10.6 Å². The third-order valence-electron chi connectivity index (χ3n) is 3.02. The van der Waals surface area contributed by atoms with Crippen molar-refractivity contribution in [3.8, 4) is 0 Å². The van der Waals surface area contributed by atoms with Gasteiger partial charge >= 0.3 is 0 Å². The van der Waals surface area contributed by atoms with Gasteiger partial charge in [0.05, 0.1) is 0 Å². The lowest BCUT2D eigenvalue weighted by Gasteiger charge is -2.11. The molecule has 2 N–H and O–H groups in total. The molecular formula is C16H19ClN2. The van der Waals surface area contributed by atoms with Crippen LogP contribution in [0.3, 0.4) is 0 Å². The maximum atomic E-state index is 5.98. The maximum absolute atomic E-state index is 5.98. The van der Waals surface area contributed by atoms with E-state index in [4.69, 9.17) is 11.6 Å². The summed E-state index contributed by atoms with van der Waals surface area (Å²) < 4.78 is 0. The van der Waals surface area contributed by atoms with E-state index in [1.54, 1.807) is 0 Å². The van der Waals surface area contributed by atoms with Crippen molar-refractivity contribution in [3.63, 3.8) is 0 Å². The first kappa shape index (κ1) is 13.8. The molecule has 0 saturated carbocycles. The second kappa shape index (κ2) is 6.48. The van der Waals surface area contributed by atoms with E-state index in [9.17, 15) is 0 Å². The van der Waals surface area contributed by atoms with E-state index in [0.29, 0.717) is 0 Å². The molecule has 2 nitrogen and oxygen atoms in total. The van der Waals surface area contributed by atoms with Crippen LogP contribution in [0.2, 0.25) is 5.02 Å². The van der Waals surface area contributed by atoms with E-state index in [1.165, 1.54) is 11.1 Å². The van der Waals surface area contributed by atoms with Crippen LogP contribution in [-0.2, 0) is 0 Å². The number of nitrogens with one attached hydrogen (secondary N) is 2. The van der Waals surface area contributed by atoms with Crippen molar-refractivity contribution in [3.05, 3.63) is 58.6 Å². The van der Waals surface area contributed by atoms with Crippen molar-refractivity contribution in [2.24, 2.45) is 0 Å². The summed E-state index contributed by atoms with van der Waals surface area (Å²) >= 11 is 5.98. The van der Waals surface area contributed by atoms with E-state index in [2.05, 4.69) is 48.7 Å². The van der Waals surface area contributed by atoms with Crippen LogP contribution in [0.15, 0.2) is 42.5 Å². The number of aryl methyl sites for hydroxylation is 2. The first-order valence-corrected chi connectivity index (χ1v) is 6.83. The molecule has 0 unspecified atom stereocenters. The van der Waals surface area contributed by atoms with Gasteiger partial charge in [-0.15, -0.1) is 0 Å². The van der Waals surface area contributed by atoms with Crippen LogP contribution in [0.4, 0.5) is 11.4 Å². The average molecular weight is 275 g/mol. The summed E-state index contributed by atoms with van der Waals surface area (Å²) in [4.78, 5) is 0. The van der Waals surface area contributed by atoms with Gasteiger partial charge in [0, 0.05) is 29.5 Å². The molecule has 3 heteroatoms. The second-order valence-corrected chi connectivity index (χ2v) is 5.12. The lowest BCUT2D eigenvalue weighted by atomic mass is 10.2. The Morgan fingerprint density at radius 3 is 2.32 bits per heavy atom. The molecule has 0 aliphatic heterocycles. The van der Waals surface area contributed by atoms with Crippen molar-refractivity contribution in [2.45, 2.75) is 13.8 Å². The molecule has 2 aromatic carbocycles. The number of hydrogen-bond donors (Lipinski definition) is 2. The summed E-state index contributed by atoms with van der Waals surface area (Å²) in [6.07, 6.45) is 0. The third kappa shape index (κ3) is 4.18. The first-order chi connectivity index (χ1) is 9.15. The molecule has 0 spiro atoms. The highest BCUT2D eigenvalue weighted by Crippen LogP contribution is 2.19. The lowest BCUT2D eigenvalue weighted by Crippen LogP contribution is -2.14. The Labute approximate surface area is 119 Å². The van der Waals surface area contributed by atoms with Crippen LogP contribution >= 0.6 is 11.6 Å². The molecule has 2 aromatic rings. The van der Waals surface area contributed by atoms with Gasteiger partial charge in [0.15, 0.2) is 0 Å². The SMILES string of the molecule is Cc1ccc(NCCNc2cc(Cl)ccc2C)cc1. The molecule has 0 fully saturated rings. The fourth-order valence-electron chi connectivity index (χ4n) is 1.86. The van der Waals surface area contributed by atoms with E-state index in [1.807, 2.05) is 18.2 Å². The highest BCUT2D eigenvalue weighted by Gasteiger charge is 1.98. The van der Waals surface area contributed by atoms with E-state index in [0.717, 1.165) is 29.5 Å². The smallest absolute Gasteiger partial charge is 0.0426 e. The van der Waals surface area contributed by atoms with Crippen LogP contribution in [-0.4, -0.2) is 13.1 Å². The van der Waals surface area contributed by atoms with Crippen molar-refractivity contribution < 1.29 is 0 Å². The molecule has 0 aliphatic carbocycles. The number of anilines is 2. The Balaban J connectivity index is 1.80. The summed E-state index contributed by atoms with van der Waals surface area (Å²) in [5.41, 5.74) is 4.73. The summed E-state index contributed by atoms with van der Waals surface area (Å²) in [7, 11) is 0. The number of rotatable bonds is 5. The Hall–Kier alpha value is -1.67. The molecule has 0 heterocycles. The van der Waals surface area contributed by atoms with Crippen molar-refractivity contribution in [1.82, 2.24) is 0 Å². The monoisotopic (exact) mass is 274 g/mol. The summed E-state index contributed by atoms with van der Waals surface area (Å²) in [5.74, 6) is 0. The molecule has 0 aliphatic rings. The third-order valence-corrected chi connectivity index (χ3v) is 3.26. The van der Waals surface area contributed by atoms with Gasteiger partial charge in [0.25, 0.3) is 0 Å². The molecular weight excluding hydrogens is 256 g/mol. The average Bonchev–Trinajstić information content (AvgIpc) is 2.40.